The Kier molecular flexibility index (Phi) is 5.56. The number of hydrogen-bond acceptors (Lipinski definition) is 6. The van der Waals surface area contributed by atoms with Crippen molar-refractivity contribution in [3.8, 4) is 5.75 Å². The van der Waals surface area contributed by atoms with Gasteiger partial charge in [0.15, 0.2) is 0 Å². The van der Waals surface area contributed by atoms with Crippen molar-refractivity contribution >= 4 is 32.6 Å². The van der Waals surface area contributed by atoms with Crippen molar-refractivity contribution in [2.45, 2.75) is 19.5 Å². The zero-order valence-electron chi connectivity index (χ0n) is 17.4. The lowest BCUT2D eigenvalue weighted by atomic mass is 9.93. The molecule has 0 saturated carbocycles. The molecule has 0 N–H and O–H groups in total. The van der Waals surface area contributed by atoms with Gasteiger partial charge in [0.25, 0.3) is 0 Å². The third-order valence-corrected chi connectivity index (χ3v) is 6.71. The maximum absolute atomic E-state index is 13.2. The lowest BCUT2D eigenvalue weighted by molar-refractivity contribution is -0.0495. The smallest absolute Gasteiger partial charge is 0.387 e. The molecule has 3 heterocycles. The van der Waals surface area contributed by atoms with E-state index in [1.807, 2.05) is 30.7 Å². The minimum Gasteiger partial charge on any atom is -0.433 e. The lowest BCUT2D eigenvalue weighted by Crippen LogP contribution is -2.47. The molecule has 1 aliphatic heterocycles. The largest absolute Gasteiger partial charge is 0.433 e. The fourth-order valence-electron chi connectivity index (χ4n) is 3.74. The standard InChI is InChI=1S/C20H23F2N5O3S/c1-4-27(19-8-17-15(9-23-19)24-12-25(17)2)16-6-5-13(7-18(16)30-20(21)22)14-10-26(11-14)31(3,28)29/h5-9,12,14,20H,4,10-11H2,1-3H3. The fraction of sp³-hybridized carbons (Fsp3) is 0.400. The van der Waals surface area contributed by atoms with E-state index in [4.69, 9.17) is 4.74 Å². The van der Waals surface area contributed by atoms with E-state index in [-0.39, 0.29) is 11.7 Å². The summed E-state index contributed by atoms with van der Waals surface area (Å²) in [6, 6.07) is 6.96. The Balaban J connectivity index is 1.69. The third-order valence-electron chi connectivity index (χ3n) is 5.47. The van der Waals surface area contributed by atoms with Gasteiger partial charge in [0.2, 0.25) is 10.0 Å². The van der Waals surface area contributed by atoms with Gasteiger partial charge in [-0.25, -0.2) is 22.7 Å². The average molecular weight is 451 g/mol. The zero-order valence-corrected chi connectivity index (χ0v) is 18.2. The summed E-state index contributed by atoms with van der Waals surface area (Å²) in [4.78, 5) is 10.5. The van der Waals surface area contributed by atoms with E-state index in [0.717, 1.165) is 22.9 Å². The number of pyridine rings is 1. The normalized spacial score (nSPS) is 15.4. The molecule has 0 atom stereocenters. The zero-order chi connectivity index (χ0) is 22.3. The highest BCUT2D eigenvalue weighted by atomic mass is 32.2. The maximum atomic E-state index is 13.2. The number of anilines is 2. The van der Waals surface area contributed by atoms with Gasteiger partial charge in [-0.15, -0.1) is 0 Å². The molecule has 0 unspecified atom stereocenters. The molecular weight excluding hydrogens is 428 g/mol. The van der Waals surface area contributed by atoms with Gasteiger partial charge in [-0.1, -0.05) is 6.07 Å². The maximum Gasteiger partial charge on any atom is 0.387 e. The molecule has 0 radical (unpaired) electrons. The first kappa shape index (κ1) is 21.4. The molecule has 0 aliphatic carbocycles. The predicted molar refractivity (Wildman–Crippen MR) is 113 cm³/mol. The molecular formula is C20H23F2N5O3S. The summed E-state index contributed by atoms with van der Waals surface area (Å²) in [5.41, 5.74) is 2.82. The van der Waals surface area contributed by atoms with Crippen LogP contribution in [0.3, 0.4) is 0 Å². The number of rotatable bonds is 7. The molecule has 4 rings (SSSR count). The Morgan fingerprint density at radius 2 is 2.00 bits per heavy atom. The number of aromatic nitrogens is 3. The highest BCUT2D eigenvalue weighted by molar-refractivity contribution is 7.88. The van der Waals surface area contributed by atoms with Crippen LogP contribution in [0.2, 0.25) is 0 Å². The molecule has 0 spiro atoms. The Morgan fingerprint density at radius 1 is 1.26 bits per heavy atom. The van der Waals surface area contributed by atoms with Gasteiger partial charge in [-0.3, -0.25) is 0 Å². The third kappa shape index (κ3) is 4.19. The molecule has 0 amide bonds. The van der Waals surface area contributed by atoms with Crippen molar-refractivity contribution in [3.05, 3.63) is 42.4 Å². The second-order valence-corrected chi connectivity index (χ2v) is 9.50. The molecule has 8 nitrogen and oxygen atoms in total. The number of fused-ring (bicyclic) bond motifs is 1. The number of hydrogen-bond donors (Lipinski definition) is 0. The fourth-order valence-corrected chi connectivity index (χ4v) is 4.64. The first-order valence-electron chi connectivity index (χ1n) is 9.76. The highest BCUT2D eigenvalue weighted by Crippen LogP contribution is 2.39. The van der Waals surface area contributed by atoms with Gasteiger partial charge in [0, 0.05) is 38.7 Å². The topological polar surface area (TPSA) is 80.6 Å². The van der Waals surface area contributed by atoms with Gasteiger partial charge in [0.1, 0.15) is 17.1 Å². The van der Waals surface area contributed by atoms with Crippen LogP contribution in [0.4, 0.5) is 20.3 Å². The van der Waals surface area contributed by atoms with Crippen LogP contribution in [0.25, 0.3) is 11.0 Å². The Bertz CT molecular complexity index is 1210. The monoisotopic (exact) mass is 451 g/mol. The number of ether oxygens (including phenoxy) is 1. The van der Waals surface area contributed by atoms with Crippen LogP contribution >= 0.6 is 0 Å². The number of benzene rings is 1. The summed E-state index contributed by atoms with van der Waals surface area (Å²) in [5, 5.41) is 0. The first-order valence-corrected chi connectivity index (χ1v) is 11.6. The summed E-state index contributed by atoms with van der Waals surface area (Å²) in [5.74, 6) is 0.541. The van der Waals surface area contributed by atoms with Gasteiger partial charge >= 0.3 is 6.61 Å². The van der Waals surface area contributed by atoms with Crippen LogP contribution in [-0.4, -0.2) is 59.8 Å². The van der Waals surface area contributed by atoms with Crippen molar-refractivity contribution < 1.29 is 21.9 Å². The molecule has 31 heavy (non-hydrogen) atoms. The Hall–Kier alpha value is -2.79. The van der Waals surface area contributed by atoms with Crippen molar-refractivity contribution in [1.82, 2.24) is 18.8 Å². The Labute approximate surface area is 179 Å². The van der Waals surface area contributed by atoms with Gasteiger partial charge < -0.3 is 14.2 Å². The van der Waals surface area contributed by atoms with Crippen molar-refractivity contribution in [1.29, 1.82) is 0 Å². The number of halogens is 2. The quantitative estimate of drug-likeness (QED) is 0.549. The van der Waals surface area contributed by atoms with Gasteiger partial charge in [0.05, 0.1) is 30.0 Å². The van der Waals surface area contributed by atoms with Crippen molar-refractivity contribution in [2.75, 3.05) is 30.8 Å². The number of aryl methyl sites for hydroxylation is 1. The second kappa shape index (κ2) is 8.04. The van der Waals surface area contributed by atoms with E-state index >= 15 is 0 Å². The van der Waals surface area contributed by atoms with Crippen LogP contribution in [0.1, 0.15) is 18.4 Å². The van der Waals surface area contributed by atoms with E-state index in [9.17, 15) is 17.2 Å². The molecule has 2 aromatic heterocycles. The minimum atomic E-state index is -3.26. The van der Waals surface area contributed by atoms with E-state index in [1.165, 1.54) is 4.31 Å². The number of nitrogens with zero attached hydrogens (tertiary/aromatic N) is 5. The van der Waals surface area contributed by atoms with Crippen LogP contribution in [-0.2, 0) is 17.1 Å². The molecule has 1 aromatic carbocycles. The summed E-state index contributed by atoms with van der Waals surface area (Å²) in [6.45, 7) is 0.0191. The molecule has 11 heteroatoms. The van der Waals surface area contributed by atoms with E-state index in [1.54, 1.807) is 29.6 Å². The van der Waals surface area contributed by atoms with Crippen LogP contribution < -0.4 is 9.64 Å². The molecule has 1 saturated heterocycles. The second-order valence-electron chi connectivity index (χ2n) is 7.51. The average Bonchev–Trinajstić information content (AvgIpc) is 3.02. The molecule has 3 aromatic rings. The lowest BCUT2D eigenvalue weighted by Gasteiger charge is -2.37. The highest BCUT2D eigenvalue weighted by Gasteiger charge is 2.34. The van der Waals surface area contributed by atoms with E-state index in [2.05, 4.69) is 9.97 Å². The van der Waals surface area contributed by atoms with Crippen LogP contribution in [0.15, 0.2) is 36.8 Å². The summed E-state index contributed by atoms with van der Waals surface area (Å²) in [7, 11) is -1.39. The summed E-state index contributed by atoms with van der Waals surface area (Å²) < 4.78 is 57.7. The van der Waals surface area contributed by atoms with Gasteiger partial charge in [-0.2, -0.15) is 8.78 Å². The van der Waals surface area contributed by atoms with E-state index < -0.39 is 16.6 Å². The van der Waals surface area contributed by atoms with Gasteiger partial charge in [-0.05, 0) is 24.6 Å². The summed E-state index contributed by atoms with van der Waals surface area (Å²) >= 11 is 0. The molecule has 0 bridgehead atoms. The number of sulfonamides is 1. The van der Waals surface area contributed by atoms with Crippen molar-refractivity contribution in [2.24, 2.45) is 7.05 Å². The minimum absolute atomic E-state index is 0.0269. The Morgan fingerprint density at radius 3 is 2.65 bits per heavy atom. The molecule has 1 aliphatic rings. The molecule has 1 fully saturated rings. The van der Waals surface area contributed by atoms with Crippen molar-refractivity contribution in [3.63, 3.8) is 0 Å². The first-order chi connectivity index (χ1) is 14.7. The van der Waals surface area contributed by atoms with E-state index in [0.29, 0.717) is 31.1 Å². The van der Waals surface area contributed by atoms with Crippen LogP contribution in [0.5, 0.6) is 5.75 Å². The predicted octanol–water partition coefficient (Wildman–Crippen LogP) is 3.09. The SMILES string of the molecule is CCN(c1cc2c(cn1)ncn2C)c1ccc(C2CN(S(C)(=O)=O)C2)cc1OC(F)F. The summed E-state index contributed by atoms with van der Waals surface area (Å²) in [6.07, 6.45) is 4.48. The number of alkyl halides is 2. The molecule has 166 valence electrons. The number of imidazole rings is 1. The van der Waals surface area contributed by atoms with Crippen LogP contribution in [0, 0.1) is 0 Å².